The van der Waals surface area contributed by atoms with Gasteiger partial charge in [-0.3, -0.25) is 4.90 Å². The van der Waals surface area contributed by atoms with Crippen molar-refractivity contribution in [3.05, 3.63) is 71.3 Å². The zero-order chi connectivity index (χ0) is 16.0. The summed E-state index contributed by atoms with van der Waals surface area (Å²) in [4.78, 5) is 2.23. The van der Waals surface area contributed by atoms with Crippen LogP contribution < -0.4 is 0 Å². The molecule has 0 heterocycles. The van der Waals surface area contributed by atoms with E-state index in [1.165, 1.54) is 17.7 Å². The average Bonchev–Trinajstić information content (AvgIpc) is 2.52. The molecule has 0 fully saturated rings. The molecule has 0 spiro atoms. The Labute approximate surface area is 129 Å². The van der Waals surface area contributed by atoms with Gasteiger partial charge in [-0.1, -0.05) is 55.5 Å². The van der Waals surface area contributed by atoms with E-state index >= 15 is 0 Å². The van der Waals surface area contributed by atoms with Crippen LogP contribution in [0.15, 0.2) is 54.6 Å². The molecule has 0 aliphatic carbocycles. The molecule has 2 rings (SSSR count). The SMILES string of the molecule is CCN(CCc1cccc(C(F)(F)F)c1)Cc1ccccc1. The molecule has 2 aromatic carbocycles. The molecule has 0 saturated carbocycles. The second kappa shape index (κ2) is 7.45. The van der Waals surface area contributed by atoms with Crippen LogP contribution in [0, 0.1) is 0 Å². The Morgan fingerprint density at radius 3 is 2.23 bits per heavy atom. The van der Waals surface area contributed by atoms with Gasteiger partial charge in [0.2, 0.25) is 0 Å². The molecule has 0 saturated heterocycles. The maximum Gasteiger partial charge on any atom is 0.416 e. The van der Waals surface area contributed by atoms with E-state index in [0.29, 0.717) is 6.42 Å². The molecule has 22 heavy (non-hydrogen) atoms. The molecule has 0 radical (unpaired) electrons. The molecule has 0 aromatic heterocycles. The fourth-order valence-electron chi connectivity index (χ4n) is 2.38. The van der Waals surface area contributed by atoms with Crippen molar-refractivity contribution in [3.63, 3.8) is 0 Å². The van der Waals surface area contributed by atoms with Gasteiger partial charge >= 0.3 is 6.18 Å². The highest BCUT2D eigenvalue weighted by Gasteiger charge is 2.30. The Kier molecular flexibility index (Phi) is 5.61. The summed E-state index contributed by atoms with van der Waals surface area (Å²) >= 11 is 0. The van der Waals surface area contributed by atoms with E-state index in [1.807, 2.05) is 18.2 Å². The number of rotatable bonds is 6. The molecule has 0 unspecified atom stereocenters. The van der Waals surface area contributed by atoms with Crippen LogP contribution in [0.4, 0.5) is 13.2 Å². The lowest BCUT2D eigenvalue weighted by Gasteiger charge is -2.20. The van der Waals surface area contributed by atoms with Crippen molar-refractivity contribution >= 4 is 0 Å². The van der Waals surface area contributed by atoms with Crippen LogP contribution in [0.25, 0.3) is 0 Å². The predicted molar refractivity (Wildman–Crippen MR) is 82.5 cm³/mol. The van der Waals surface area contributed by atoms with Gasteiger partial charge < -0.3 is 0 Å². The number of benzene rings is 2. The summed E-state index contributed by atoms with van der Waals surface area (Å²) in [7, 11) is 0. The molecule has 0 bridgehead atoms. The van der Waals surface area contributed by atoms with Crippen LogP contribution in [-0.4, -0.2) is 18.0 Å². The molecule has 1 nitrogen and oxygen atoms in total. The van der Waals surface area contributed by atoms with Crippen molar-refractivity contribution < 1.29 is 13.2 Å². The molecular formula is C18H20F3N. The normalized spacial score (nSPS) is 11.9. The van der Waals surface area contributed by atoms with Gasteiger partial charge in [0.05, 0.1) is 5.56 Å². The quantitative estimate of drug-likeness (QED) is 0.743. The van der Waals surface area contributed by atoms with E-state index in [0.717, 1.165) is 31.3 Å². The minimum atomic E-state index is -4.27. The number of halogens is 3. The summed E-state index contributed by atoms with van der Waals surface area (Å²) in [6.45, 7) is 4.49. The molecule has 4 heteroatoms. The van der Waals surface area contributed by atoms with E-state index < -0.39 is 11.7 Å². The molecule has 118 valence electrons. The molecule has 0 amide bonds. The lowest BCUT2D eigenvalue weighted by atomic mass is 10.1. The van der Waals surface area contributed by atoms with Crippen molar-refractivity contribution in [1.29, 1.82) is 0 Å². The summed E-state index contributed by atoms with van der Waals surface area (Å²) in [6.07, 6.45) is -3.66. The largest absolute Gasteiger partial charge is 0.416 e. The van der Waals surface area contributed by atoms with Gasteiger partial charge in [0.1, 0.15) is 0 Å². The Balaban J connectivity index is 1.96. The summed E-state index contributed by atoms with van der Waals surface area (Å²) in [5.41, 5.74) is 1.37. The molecule has 0 N–H and O–H groups in total. The van der Waals surface area contributed by atoms with Gasteiger partial charge in [0, 0.05) is 13.1 Å². The van der Waals surface area contributed by atoms with Crippen LogP contribution >= 0.6 is 0 Å². The molecule has 0 aliphatic rings. The molecular weight excluding hydrogens is 287 g/mol. The van der Waals surface area contributed by atoms with E-state index in [2.05, 4.69) is 24.0 Å². The fourth-order valence-corrected chi connectivity index (χ4v) is 2.38. The third-order valence-corrected chi connectivity index (χ3v) is 3.67. The maximum absolute atomic E-state index is 12.7. The van der Waals surface area contributed by atoms with Crippen LogP contribution in [0.3, 0.4) is 0 Å². The van der Waals surface area contributed by atoms with Crippen LogP contribution in [0.5, 0.6) is 0 Å². The van der Waals surface area contributed by atoms with Crippen LogP contribution in [-0.2, 0) is 19.1 Å². The standard InChI is InChI=1S/C18H20F3N/c1-2-22(14-16-7-4-3-5-8-16)12-11-15-9-6-10-17(13-15)18(19,20)21/h3-10,13H,2,11-12,14H2,1H3. The second-order valence-corrected chi connectivity index (χ2v) is 5.30. The Morgan fingerprint density at radius 1 is 0.909 bits per heavy atom. The van der Waals surface area contributed by atoms with Gasteiger partial charge in [0.15, 0.2) is 0 Å². The number of likely N-dealkylation sites (N-methyl/N-ethyl adjacent to an activating group) is 1. The first-order valence-electron chi connectivity index (χ1n) is 7.41. The third kappa shape index (κ3) is 4.88. The molecule has 2 aromatic rings. The number of nitrogens with zero attached hydrogens (tertiary/aromatic N) is 1. The third-order valence-electron chi connectivity index (χ3n) is 3.67. The summed E-state index contributed by atoms with van der Waals surface area (Å²) in [5.74, 6) is 0. The van der Waals surface area contributed by atoms with Crippen LogP contribution in [0.1, 0.15) is 23.6 Å². The number of hydrogen-bond acceptors (Lipinski definition) is 1. The second-order valence-electron chi connectivity index (χ2n) is 5.30. The summed E-state index contributed by atoms with van der Waals surface area (Å²) in [5, 5.41) is 0. The van der Waals surface area contributed by atoms with E-state index in [9.17, 15) is 13.2 Å². The maximum atomic E-state index is 12.7. The minimum Gasteiger partial charge on any atom is -0.299 e. The topological polar surface area (TPSA) is 3.24 Å². The Bertz CT molecular complexity index is 578. The number of hydrogen-bond donors (Lipinski definition) is 0. The lowest BCUT2D eigenvalue weighted by Crippen LogP contribution is -2.25. The first kappa shape index (κ1) is 16.6. The Morgan fingerprint density at radius 2 is 1.59 bits per heavy atom. The predicted octanol–water partition coefficient (Wildman–Crippen LogP) is 4.77. The van der Waals surface area contributed by atoms with Crippen molar-refractivity contribution in [1.82, 2.24) is 4.90 Å². The monoisotopic (exact) mass is 307 g/mol. The van der Waals surface area contributed by atoms with E-state index in [-0.39, 0.29) is 0 Å². The van der Waals surface area contributed by atoms with Gasteiger partial charge in [-0.05, 0) is 30.2 Å². The van der Waals surface area contributed by atoms with Crippen molar-refractivity contribution in [3.8, 4) is 0 Å². The van der Waals surface area contributed by atoms with Gasteiger partial charge in [-0.15, -0.1) is 0 Å². The van der Waals surface area contributed by atoms with Gasteiger partial charge in [0.25, 0.3) is 0 Å². The van der Waals surface area contributed by atoms with Crippen molar-refractivity contribution in [2.45, 2.75) is 26.1 Å². The average molecular weight is 307 g/mol. The van der Waals surface area contributed by atoms with Crippen molar-refractivity contribution in [2.75, 3.05) is 13.1 Å². The minimum absolute atomic E-state index is 0.573. The van der Waals surface area contributed by atoms with E-state index in [4.69, 9.17) is 0 Å². The Hall–Kier alpha value is -1.81. The zero-order valence-corrected chi connectivity index (χ0v) is 12.6. The number of alkyl halides is 3. The van der Waals surface area contributed by atoms with Crippen LogP contribution in [0.2, 0.25) is 0 Å². The molecule has 0 atom stereocenters. The summed E-state index contributed by atoms with van der Waals surface area (Å²) in [6, 6.07) is 15.7. The highest BCUT2D eigenvalue weighted by Crippen LogP contribution is 2.29. The first-order valence-corrected chi connectivity index (χ1v) is 7.41. The smallest absolute Gasteiger partial charge is 0.299 e. The fraction of sp³-hybridized carbons (Fsp3) is 0.333. The van der Waals surface area contributed by atoms with E-state index in [1.54, 1.807) is 6.07 Å². The lowest BCUT2D eigenvalue weighted by molar-refractivity contribution is -0.137. The zero-order valence-electron chi connectivity index (χ0n) is 12.6. The first-order chi connectivity index (χ1) is 10.5. The van der Waals surface area contributed by atoms with Gasteiger partial charge in [-0.2, -0.15) is 13.2 Å². The highest BCUT2D eigenvalue weighted by molar-refractivity contribution is 5.26. The molecule has 0 aliphatic heterocycles. The van der Waals surface area contributed by atoms with Gasteiger partial charge in [-0.25, -0.2) is 0 Å². The van der Waals surface area contributed by atoms with Crippen molar-refractivity contribution in [2.24, 2.45) is 0 Å². The summed E-state index contributed by atoms with van der Waals surface area (Å²) < 4.78 is 38.1. The highest BCUT2D eigenvalue weighted by atomic mass is 19.4.